The topological polar surface area (TPSA) is 39.7 Å². The third-order valence-electron chi connectivity index (χ3n) is 15.0. The van der Waals surface area contributed by atoms with E-state index in [1.807, 2.05) is 24.3 Å². The number of fused-ring (bicyclic) bond motifs is 9. The average Bonchev–Trinajstić information content (AvgIpc) is 4.14. The fourth-order valence-electron chi connectivity index (χ4n) is 11.7. The van der Waals surface area contributed by atoms with Crippen molar-refractivity contribution in [2.45, 2.75) is 12.8 Å². The van der Waals surface area contributed by atoms with E-state index in [0.29, 0.717) is 0 Å². The van der Waals surface area contributed by atoms with Crippen molar-refractivity contribution in [1.29, 1.82) is 0 Å². The second-order valence-corrected chi connectivity index (χ2v) is 19.2. The number of methoxy groups -OCH3 is 2. The Balaban J connectivity index is 0.983. The summed E-state index contributed by atoms with van der Waals surface area (Å²) in [6, 6.07) is 85.3. The van der Waals surface area contributed by atoms with Crippen molar-refractivity contribution in [3.05, 3.63) is 254 Å². The molecule has 13 aromatic rings. The smallest absolute Gasteiger partial charge is 0.119 e. The summed E-state index contributed by atoms with van der Waals surface area (Å²) in [4.78, 5) is 4.76. The Morgan fingerprint density at radius 1 is 0.333 bits per heavy atom. The average molecular weight is 970 g/mol. The van der Waals surface area contributed by atoms with Gasteiger partial charge in [0.05, 0.1) is 41.8 Å². The van der Waals surface area contributed by atoms with Gasteiger partial charge in [-0.2, -0.15) is 0 Å². The Morgan fingerprint density at radius 3 is 1.15 bits per heavy atom. The minimum Gasteiger partial charge on any atom is -0.497 e. The summed E-state index contributed by atoms with van der Waals surface area (Å²) in [5.41, 5.74) is 18.1. The first-order valence-corrected chi connectivity index (χ1v) is 25.6. The highest BCUT2D eigenvalue weighted by molar-refractivity contribution is 6.13. The molecule has 0 radical (unpaired) electrons. The van der Waals surface area contributed by atoms with E-state index in [4.69, 9.17) is 9.47 Å². The zero-order chi connectivity index (χ0) is 50.0. The molecule has 3 aromatic heterocycles. The van der Waals surface area contributed by atoms with Crippen molar-refractivity contribution in [1.82, 2.24) is 13.7 Å². The number of ether oxygens (including phenoxy) is 2. The standard InChI is InChI=1S/C68H51N5O2/c1-74-55-34-26-49(27-35-55)69(51-30-38-65-59(42-51)57-22-12-14-24-63(57)71(65)46-16-6-3-7-17-46)53-32-40-67-61(44-53)62-45-54(33-41-68(62)73(67)48-20-10-5-11-21-48)70(50-28-36-56(75-2)37-29-50)52-31-39-66-60(43-52)58-23-13-15-25-64(58)72(66)47-18-8-4-9-19-47/h3-14,16-24,26-45H,15,25H2,1-2H3. The van der Waals surface area contributed by atoms with Gasteiger partial charge >= 0.3 is 0 Å². The number of para-hydroxylation sites is 4. The molecule has 0 saturated heterocycles. The first kappa shape index (κ1) is 44.0. The molecule has 0 aliphatic heterocycles. The highest BCUT2D eigenvalue weighted by Gasteiger charge is 2.24. The maximum Gasteiger partial charge on any atom is 0.119 e. The number of rotatable bonds is 11. The molecule has 7 nitrogen and oxygen atoms in total. The summed E-state index contributed by atoms with van der Waals surface area (Å²) < 4.78 is 18.6. The van der Waals surface area contributed by atoms with Crippen LogP contribution in [0.25, 0.3) is 77.7 Å². The molecule has 3 heterocycles. The summed E-state index contributed by atoms with van der Waals surface area (Å²) in [7, 11) is 3.44. The molecule has 0 spiro atoms. The first-order valence-electron chi connectivity index (χ1n) is 25.6. The molecule has 0 fully saturated rings. The lowest BCUT2D eigenvalue weighted by Gasteiger charge is -2.26. The lowest BCUT2D eigenvalue weighted by atomic mass is 10.0. The van der Waals surface area contributed by atoms with Crippen LogP contribution in [0.2, 0.25) is 0 Å². The van der Waals surface area contributed by atoms with Crippen LogP contribution in [0.1, 0.15) is 17.7 Å². The van der Waals surface area contributed by atoms with Crippen LogP contribution < -0.4 is 19.3 Å². The molecule has 10 aromatic carbocycles. The first-order chi connectivity index (χ1) is 37.1. The maximum atomic E-state index is 5.70. The number of allylic oxidation sites excluding steroid dienone is 1. The molecule has 1 aliphatic rings. The second kappa shape index (κ2) is 18.1. The zero-order valence-corrected chi connectivity index (χ0v) is 41.6. The van der Waals surface area contributed by atoms with Gasteiger partial charge < -0.3 is 33.0 Å². The van der Waals surface area contributed by atoms with Crippen LogP contribution in [-0.2, 0) is 6.42 Å². The molecule has 0 amide bonds. The molecule has 0 atom stereocenters. The van der Waals surface area contributed by atoms with Gasteiger partial charge in [-0.3, -0.25) is 0 Å². The Labute approximate surface area is 435 Å². The van der Waals surface area contributed by atoms with Crippen molar-refractivity contribution >= 4 is 94.7 Å². The van der Waals surface area contributed by atoms with Crippen LogP contribution >= 0.6 is 0 Å². The van der Waals surface area contributed by atoms with E-state index in [2.05, 4.69) is 248 Å². The zero-order valence-electron chi connectivity index (χ0n) is 41.6. The lowest BCUT2D eigenvalue weighted by Crippen LogP contribution is -2.10. The molecule has 1 aliphatic carbocycles. The lowest BCUT2D eigenvalue weighted by molar-refractivity contribution is 0.414. The molecular weight excluding hydrogens is 919 g/mol. The Bertz CT molecular complexity index is 4310. The van der Waals surface area contributed by atoms with E-state index < -0.39 is 0 Å². The molecule has 0 bridgehead atoms. The van der Waals surface area contributed by atoms with Gasteiger partial charge in [0.25, 0.3) is 0 Å². The Morgan fingerprint density at radius 2 is 0.693 bits per heavy atom. The summed E-state index contributed by atoms with van der Waals surface area (Å²) in [5, 5.41) is 5.89. The third-order valence-corrected chi connectivity index (χ3v) is 15.0. The SMILES string of the molecule is COc1ccc(N(c2ccc3c(c2)c2c(n3-c3ccccc3)CCC=C2)c2ccc3c(c2)c2cc(N(c4ccc(OC)cc4)c4ccc5c(c4)c4ccccc4n5-c4ccccc4)ccc2n3-c2ccccc2)cc1. The van der Waals surface area contributed by atoms with E-state index in [1.165, 1.54) is 44.1 Å². The van der Waals surface area contributed by atoms with Gasteiger partial charge in [-0.25, -0.2) is 0 Å². The minimum absolute atomic E-state index is 0.805. The van der Waals surface area contributed by atoms with Crippen molar-refractivity contribution in [3.8, 4) is 28.6 Å². The Kier molecular flexibility index (Phi) is 10.6. The van der Waals surface area contributed by atoms with Crippen LogP contribution in [0.15, 0.2) is 243 Å². The van der Waals surface area contributed by atoms with Crippen molar-refractivity contribution in [2.24, 2.45) is 0 Å². The van der Waals surface area contributed by atoms with Crippen LogP contribution in [-0.4, -0.2) is 27.9 Å². The summed E-state index contributed by atoms with van der Waals surface area (Å²) in [5.74, 6) is 1.62. The number of anilines is 6. The van der Waals surface area contributed by atoms with Gasteiger partial charge in [0, 0.05) is 89.4 Å². The molecule has 0 N–H and O–H groups in total. The summed E-state index contributed by atoms with van der Waals surface area (Å²) in [6.45, 7) is 0. The molecule has 0 unspecified atom stereocenters. The molecule has 7 heteroatoms. The minimum atomic E-state index is 0.805. The molecule has 360 valence electrons. The normalized spacial score (nSPS) is 12.2. The van der Waals surface area contributed by atoms with Gasteiger partial charge in [-0.15, -0.1) is 0 Å². The number of nitrogens with zero attached hydrogens (tertiary/aromatic N) is 5. The van der Waals surface area contributed by atoms with E-state index in [9.17, 15) is 0 Å². The van der Waals surface area contributed by atoms with Crippen LogP contribution in [0, 0.1) is 0 Å². The van der Waals surface area contributed by atoms with Gasteiger partial charge in [0.2, 0.25) is 0 Å². The third kappa shape index (κ3) is 7.34. The molecule has 75 heavy (non-hydrogen) atoms. The Hall–Kier alpha value is -9.72. The maximum absolute atomic E-state index is 5.70. The highest BCUT2D eigenvalue weighted by Crippen LogP contribution is 2.46. The van der Waals surface area contributed by atoms with Gasteiger partial charge in [0.15, 0.2) is 0 Å². The van der Waals surface area contributed by atoms with Crippen LogP contribution in [0.4, 0.5) is 34.1 Å². The van der Waals surface area contributed by atoms with E-state index in [1.54, 1.807) is 14.2 Å². The van der Waals surface area contributed by atoms with Gasteiger partial charge in [-0.1, -0.05) is 84.9 Å². The van der Waals surface area contributed by atoms with Crippen LogP contribution in [0.5, 0.6) is 11.5 Å². The quantitative estimate of drug-likeness (QED) is 0.129. The summed E-state index contributed by atoms with van der Waals surface area (Å²) >= 11 is 0. The molecule has 14 rings (SSSR count). The van der Waals surface area contributed by atoms with Crippen LogP contribution in [0.3, 0.4) is 0 Å². The number of hydrogen-bond acceptors (Lipinski definition) is 4. The second-order valence-electron chi connectivity index (χ2n) is 19.2. The summed E-state index contributed by atoms with van der Waals surface area (Å²) in [6.07, 6.45) is 6.64. The monoisotopic (exact) mass is 969 g/mol. The fourth-order valence-corrected chi connectivity index (χ4v) is 11.7. The molecular formula is C68H51N5O2. The van der Waals surface area contributed by atoms with Crippen molar-refractivity contribution < 1.29 is 9.47 Å². The van der Waals surface area contributed by atoms with E-state index in [-0.39, 0.29) is 0 Å². The predicted octanol–water partition coefficient (Wildman–Crippen LogP) is 17.7. The number of hydrogen-bond donors (Lipinski definition) is 0. The fraction of sp³-hybridized carbons (Fsp3) is 0.0588. The van der Waals surface area contributed by atoms with E-state index >= 15 is 0 Å². The molecule has 0 saturated carbocycles. The predicted molar refractivity (Wildman–Crippen MR) is 312 cm³/mol. The van der Waals surface area contributed by atoms with Crippen molar-refractivity contribution in [3.63, 3.8) is 0 Å². The van der Waals surface area contributed by atoms with Crippen molar-refractivity contribution in [2.75, 3.05) is 24.0 Å². The van der Waals surface area contributed by atoms with Gasteiger partial charge in [0.1, 0.15) is 11.5 Å². The largest absolute Gasteiger partial charge is 0.497 e. The number of aromatic nitrogens is 3. The van der Waals surface area contributed by atoms with E-state index in [0.717, 1.165) is 97.2 Å². The highest BCUT2D eigenvalue weighted by atomic mass is 16.5. The van der Waals surface area contributed by atoms with Gasteiger partial charge in [-0.05, 0) is 177 Å². The number of benzene rings is 10.